The predicted octanol–water partition coefficient (Wildman–Crippen LogP) is 10.7. The molecule has 186 valence electrons. The molecule has 0 amide bonds. The van der Waals surface area contributed by atoms with Crippen LogP contribution < -0.4 is 0 Å². The first kappa shape index (κ1) is 30.7. The van der Waals surface area contributed by atoms with Gasteiger partial charge in [-0.1, -0.05) is 154 Å². The van der Waals surface area contributed by atoms with Crippen LogP contribution in [0.1, 0.15) is 174 Å². The van der Waals surface area contributed by atoms with Crippen LogP contribution in [0.3, 0.4) is 0 Å². The molecule has 1 nitrogen and oxygen atoms in total. The van der Waals surface area contributed by atoms with E-state index in [0.717, 1.165) is 6.42 Å². The molecule has 0 saturated heterocycles. The van der Waals surface area contributed by atoms with Gasteiger partial charge < -0.3 is 5.11 Å². The largest absolute Gasteiger partial charge is 0.396 e. The van der Waals surface area contributed by atoms with E-state index in [0.29, 0.717) is 6.61 Å². The molecule has 0 fully saturated rings. The van der Waals surface area contributed by atoms with E-state index in [4.69, 9.17) is 5.11 Å². The second-order valence-corrected chi connectivity index (χ2v) is 9.90. The van der Waals surface area contributed by atoms with Crippen LogP contribution in [0.2, 0.25) is 0 Å². The van der Waals surface area contributed by atoms with E-state index in [2.05, 4.69) is 19.1 Å². The minimum Gasteiger partial charge on any atom is -0.396 e. The lowest BCUT2D eigenvalue weighted by atomic mass is 10.0. The van der Waals surface area contributed by atoms with Gasteiger partial charge in [-0.2, -0.15) is 0 Å². The summed E-state index contributed by atoms with van der Waals surface area (Å²) in [7, 11) is 0. The Kier molecular flexibility index (Phi) is 29.4. The van der Waals surface area contributed by atoms with Crippen molar-refractivity contribution in [1.29, 1.82) is 0 Å². The molecule has 31 heavy (non-hydrogen) atoms. The third-order valence-corrected chi connectivity index (χ3v) is 6.67. The maximum atomic E-state index is 8.75. The standard InChI is InChI=1S/C30H60O/c1-2-3-4-5-6-7-8-9-10-11-12-13-14-15-16-17-18-19-20-21-22-23-24-25-26-27-28-29-30-31/h21-22,31H,2-20,23-30H2,1H3/b22-21-. The Hall–Kier alpha value is -0.300. The van der Waals surface area contributed by atoms with E-state index >= 15 is 0 Å². The molecular formula is C30H60O. The van der Waals surface area contributed by atoms with Crippen molar-refractivity contribution in [2.24, 2.45) is 0 Å². The Labute approximate surface area is 197 Å². The highest BCUT2D eigenvalue weighted by molar-refractivity contribution is 4.81. The van der Waals surface area contributed by atoms with Gasteiger partial charge in [0.05, 0.1) is 0 Å². The summed E-state index contributed by atoms with van der Waals surface area (Å²) in [5.74, 6) is 0. The monoisotopic (exact) mass is 436 g/mol. The minimum atomic E-state index is 0.363. The Morgan fingerprint density at radius 1 is 0.355 bits per heavy atom. The molecule has 1 heteroatoms. The third kappa shape index (κ3) is 29.7. The van der Waals surface area contributed by atoms with E-state index in [1.165, 1.54) is 161 Å². The molecule has 1 N–H and O–H groups in total. The molecule has 0 saturated carbocycles. The van der Waals surface area contributed by atoms with Gasteiger partial charge in [0.2, 0.25) is 0 Å². The Bertz CT molecular complexity index is 322. The average Bonchev–Trinajstić information content (AvgIpc) is 2.78. The molecule has 0 bridgehead atoms. The second kappa shape index (κ2) is 29.7. The lowest BCUT2D eigenvalue weighted by Gasteiger charge is -2.03. The molecule has 0 atom stereocenters. The first-order valence-corrected chi connectivity index (χ1v) is 14.7. The van der Waals surface area contributed by atoms with Crippen LogP contribution in [-0.4, -0.2) is 11.7 Å². The van der Waals surface area contributed by atoms with Gasteiger partial charge in [0, 0.05) is 6.61 Å². The van der Waals surface area contributed by atoms with Crippen molar-refractivity contribution in [3.8, 4) is 0 Å². The van der Waals surface area contributed by atoms with Gasteiger partial charge in [-0.15, -0.1) is 0 Å². The fourth-order valence-corrected chi connectivity index (χ4v) is 4.48. The van der Waals surface area contributed by atoms with Gasteiger partial charge in [0.1, 0.15) is 0 Å². The summed E-state index contributed by atoms with van der Waals surface area (Å²) in [4.78, 5) is 0. The van der Waals surface area contributed by atoms with Crippen LogP contribution in [-0.2, 0) is 0 Å². The number of hydrogen-bond acceptors (Lipinski definition) is 1. The zero-order chi connectivity index (χ0) is 22.5. The number of unbranched alkanes of at least 4 members (excludes halogenated alkanes) is 24. The van der Waals surface area contributed by atoms with Crippen molar-refractivity contribution in [2.75, 3.05) is 6.61 Å². The molecular weight excluding hydrogens is 376 g/mol. The van der Waals surface area contributed by atoms with Crippen LogP contribution >= 0.6 is 0 Å². The summed E-state index contributed by atoms with van der Waals surface area (Å²) in [6.45, 7) is 2.66. The number of aliphatic hydroxyl groups excluding tert-OH is 1. The van der Waals surface area contributed by atoms with Crippen molar-refractivity contribution in [3.05, 3.63) is 12.2 Å². The number of hydrogen-bond donors (Lipinski definition) is 1. The van der Waals surface area contributed by atoms with Gasteiger partial charge in [-0.3, -0.25) is 0 Å². The van der Waals surface area contributed by atoms with Crippen LogP contribution in [0, 0.1) is 0 Å². The van der Waals surface area contributed by atoms with E-state index < -0.39 is 0 Å². The van der Waals surface area contributed by atoms with E-state index in [1.54, 1.807) is 0 Å². The van der Waals surface area contributed by atoms with Crippen molar-refractivity contribution >= 4 is 0 Å². The van der Waals surface area contributed by atoms with Crippen molar-refractivity contribution in [1.82, 2.24) is 0 Å². The molecule has 0 unspecified atom stereocenters. The summed E-state index contributed by atoms with van der Waals surface area (Å²) in [6, 6.07) is 0. The van der Waals surface area contributed by atoms with E-state index in [1.807, 2.05) is 0 Å². The first-order chi connectivity index (χ1) is 15.4. The number of rotatable bonds is 27. The van der Waals surface area contributed by atoms with E-state index in [-0.39, 0.29) is 0 Å². The van der Waals surface area contributed by atoms with Gasteiger partial charge in [0.25, 0.3) is 0 Å². The Morgan fingerprint density at radius 3 is 0.903 bits per heavy atom. The zero-order valence-corrected chi connectivity index (χ0v) is 21.7. The van der Waals surface area contributed by atoms with E-state index in [9.17, 15) is 0 Å². The molecule has 0 aromatic rings. The lowest BCUT2D eigenvalue weighted by molar-refractivity contribution is 0.282. The summed E-state index contributed by atoms with van der Waals surface area (Å²) in [6.07, 6.45) is 41.1. The molecule has 0 aromatic heterocycles. The summed E-state index contributed by atoms with van der Waals surface area (Å²) in [5.41, 5.74) is 0. The molecule has 0 aliphatic carbocycles. The number of allylic oxidation sites excluding steroid dienone is 2. The first-order valence-electron chi connectivity index (χ1n) is 14.7. The molecule has 0 aliphatic heterocycles. The van der Waals surface area contributed by atoms with Crippen LogP contribution in [0.25, 0.3) is 0 Å². The third-order valence-electron chi connectivity index (χ3n) is 6.67. The fourth-order valence-electron chi connectivity index (χ4n) is 4.48. The fraction of sp³-hybridized carbons (Fsp3) is 0.933. The van der Waals surface area contributed by atoms with Gasteiger partial charge in [-0.05, 0) is 32.1 Å². The lowest BCUT2D eigenvalue weighted by Crippen LogP contribution is -1.84. The highest BCUT2D eigenvalue weighted by Crippen LogP contribution is 2.15. The SMILES string of the molecule is CCCCCCCCCCCCCCCCCCCC/C=C\CCCCCCCCO. The molecule has 0 heterocycles. The predicted molar refractivity (Wildman–Crippen MR) is 142 cm³/mol. The molecule has 0 rings (SSSR count). The van der Waals surface area contributed by atoms with Gasteiger partial charge >= 0.3 is 0 Å². The Balaban J connectivity index is 3.04. The summed E-state index contributed by atoms with van der Waals surface area (Å²) < 4.78 is 0. The molecule has 0 aliphatic rings. The van der Waals surface area contributed by atoms with Crippen molar-refractivity contribution in [2.45, 2.75) is 174 Å². The molecule has 0 radical (unpaired) electrons. The van der Waals surface area contributed by atoms with Crippen LogP contribution in [0.15, 0.2) is 12.2 Å². The zero-order valence-electron chi connectivity index (χ0n) is 21.7. The maximum absolute atomic E-state index is 8.75. The number of aliphatic hydroxyl groups is 1. The van der Waals surface area contributed by atoms with Crippen molar-refractivity contribution in [3.63, 3.8) is 0 Å². The highest BCUT2D eigenvalue weighted by Gasteiger charge is 1.95. The molecule has 0 aromatic carbocycles. The topological polar surface area (TPSA) is 20.2 Å². The average molecular weight is 437 g/mol. The van der Waals surface area contributed by atoms with Gasteiger partial charge in [-0.25, -0.2) is 0 Å². The van der Waals surface area contributed by atoms with Crippen LogP contribution in [0.4, 0.5) is 0 Å². The maximum Gasteiger partial charge on any atom is 0.0431 e. The normalized spacial score (nSPS) is 11.7. The quantitative estimate of drug-likeness (QED) is 0.100. The molecule has 0 spiro atoms. The Morgan fingerprint density at radius 2 is 0.613 bits per heavy atom. The summed E-state index contributed by atoms with van der Waals surface area (Å²) in [5, 5.41) is 8.75. The second-order valence-electron chi connectivity index (χ2n) is 9.90. The highest BCUT2D eigenvalue weighted by atomic mass is 16.2. The smallest absolute Gasteiger partial charge is 0.0431 e. The summed E-state index contributed by atoms with van der Waals surface area (Å²) >= 11 is 0. The van der Waals surface area contributed by atoms with Crippen molar-refractivity contribution < 1.29 is 5.11 Å². The van der Waals surface area contributed by atoms with Gasteiger partial charge in [0.15, 0.2) is 0 Å². The van der Waals surface area contributed by atoms with Crippen LogP contribution in [0.5, 0.6) is 0 Å². The minimum absolute atomic E-state index is 0.363.